The highest BCUT2D eigenvalue weighted by molar-refractivity contribution is 6.34. The standard InChI is InChI=1S/C19H17Cl2F4N3O2/c20-13-12(19(23,24)25)5-9-26-14(13)17(29)28-15(11-2-1-8-27-16(11)21)18(30)6-3-10(22)4-7-18/h1-2,5,8-10,15,30H,3-4,6-7H2,(H,28,29)/t10-,15?,18+. The van der Waals surface area contributed by atoms with E-state index in [1.54, 1.807) is 0 Å². The normalized spacial score (nSPS) is 23.1. The third-order valence-corrected chi connectivity index (χ3v) is 5.80. The summed E-state index contributed by atoms with van der Waals surface area (Å²) in [6.07, 6.45) is -3.52. The van der Waals surface area contributed by atoms with Crippen molar-refractivity contribution in [1.29, 1.82) is 0 Å². The van der Waals surface area contributed by atoms with Crippen LogP contribution >= 0.6 is 23.2 Å². The number of aromatic nitrogens is 2. The first-order valence-corrected chi connectivity index (χ1v) is 9.78. The molecule has 0 aliphatic heterocycles. The number of carbonyl (C=O) groups is 1. The number of nitrogens with zero attached hydrogens (tertiary/aromatic N) is 2. The number of alkyl halides is 4. The maximum atomic E-state index is 13.6. The van der Waals surface area contributed by atoms with Crippen molar-refractivity contribution in [3.63, 3.8) is 0 Å². The number of pyridine rings is 2. The van der Waals surface area contributed by atoms with Gasteiger partial charge in [0, 0.05) is 18.0 Å². The minimum Gasteiger partial charge on any atom is -0.387 e. The van der Waals surface area contributed by atoms with Crippen LogP contribution in [-0.2, 0) is 6.18 Å². The molecule has 0 saturated heterocycles. The van der Waals surface area contributed by atoms with Crippen LogP contribution in [0.1, 0.15) is 53.3 Å². The van der Waals surface area contributed by atoms with Crippen LogP contribution < -0.4 is 5.32 Å². The summed E-state index contributed by atoms with van der Waals surface area (Å²) in [5.74, 6) is -1.04. The Kier molecular flexibility index (Phi) is 6.54. The average Bonchev–Trinajstić information content (AvgIpc) is 2.68. The molecule has 2 aromatic rings. The maximum Gasteiger partial charge on any atom is 0.417 e. The minimum atomic E-state index is -4.78. The fourth-order valence-corrected chi connectivity index (χ4v) is 4.04. The number of hydrogen-bond donors (Lipinski definition) is 2. The van der Waals surface area contributed by atoms with Gasteiger partial charge in [-0.25, -0.2) is 14.4 Å². The smallest absolute Gasteiger partial charge is 0.387 e. The number of carbonyl (C=O) groups excluding carboxylic acids is 1. The van der Waals surface area contributed by atoms with E-state index in [0.29, 0.717) is 6.07 Å². The Morgan fingerprint density at radius 1 is 1.20 bits per heavy atom. The van der Waals surface area contributed by atoms with Gasteiger partial charge in [0.25, 0.3) is 5.91 Å². The summed E-state index contributed by atoms with van der Waals surface area (Å²) < 4.78 is 53.0. The molecular weight excluding hydrogens is 449 g/mol. The molecule has 3 rings (SSSR count). The molecule has 1 atom stereocenters. The van der Waals surface area contributed by atoms with E-state index in [0.717, 1.165) is 6.20 Å². The topological polar surface area (TPSA) is 75.1 Å². The van der Waals surface area contributed by atoms with E-state index in [1.165, 1.54) is 18.3 Å². The summed E-state index contributed by atoms with van der Waals surface area (Å²) in [7, 11) is 0. The third kappa shape index (κ3) is 4.68. The first kappa shape index (κ1) is 22.7. The third-order valence-electron chi connectivity index (χ3n) is 5.10. The van der Waals surface area contributed by atoms with Crippen LogP contribution in [0.5, 0.6) is 0 Å². The molecule has 5 nitrogen and oxygen atoms in total. The fraction of sp³-hybridized carbons (Fsp3) is 0.421. The summed E-state index contributed by atoms with van der Waals surface area (Å²) in [5, 5.41) is 12.8. The summed E-state index contributed by atoms with van der Waals surface area (Å²) in [4.78, 5) is 20.4. The number of nitrogens with one attached hydrogen (secondary N) is 1. The largest absolute Gasteiger partial charge is 0.417 e. The maximum absolute atomic E-state index is 13.6. The van der Waals surface area contributed by atoms with E-state index in [4.69, 9.17) is 23.2 Å². The molecule has 0 radical (unpaired) electrons. The van der Waals surface area contributed by atoms with E-state index in [1.807, 2.05) is 0 Å². The molecule has 0 spiro atoms. The molecule has 0 aromatic carbocycles. The second-order valence-corrected chi connectivity index (χ2v) is 7.82. The summed E-state index contributed by atoms with van der Waals surface area (Å²) in [6.45, 7) is 0. The SMILES string of the molecule is O=C(NC(c1cccnc1Cl)[C@]1(O)CC[C@@H](F)CC1)c1nccc(C(F)(F)F)c1Cl. The number of hydrogen-bond acceptors (Lipinski definition) is 4. The van der Waals surface area contributed by atoms with Crippen LogP contribution in [0, 0.1) is 0 Å². The van der Waals surface area contributed by atoms with Crippen molar-refractivity contribution in [2.45, 2.75) is 49.7 Å². The Labute approximate surface area is 179 Å². The van der Waals surface area contributed by atoms with Gasteiger partial charge >= 0.3 is 6.18 Å². The molecule has 1 fully saturated rings. The van der Waals surface area contributed by atoms with Crippen molar-refractivity contribution in [2.24, 2.45) is 0 Å². The van der Waals surface area contributed by atoms with Gasteiger partial charge in [-0.2, -0.15) is 13.2 Å². The lowest BCUT2D eigenvalue weighted by Gasteiger charge is -2.40. The van der Waals surface area contributed by atoms with E-state index < -0.39 is 46.2 Å². The number of halogens is 6. The second-order valence-electron chi connectivity index (χ2n) is 7.09. The van der Waals surface area contributed by atoms with Crippen molar-refractivity contribution in [3.8, 4) is 0 Å². The first-order chi connectivity index (χ1) is 14.0. The van der Waals surface area contributed by atoms with Crippen LogP contribution in [-0.4, -0.2) is 32.8 Å². The fourth-order valence-electron chi connectivity index (χ4n) is 3.51. The van der Waals surface area contributed by atoms with Crippen molar-refractivity contribution >= 4 is 29.1 Å². The zero-order valence-corrected chi connectivity index (χ0v) is 16.9. The van der Waals surface area contributed by atoms with Gasteiger partial charge in [0.05, 0.1) is 22.2 Å². The molecule has 1 saturated carbocycles. The number of aliphatic hydroxyl groups is 1. The minimum absolute atomic E-state index is 0.00802. The molecule has 2 N–H and O–H groups in total. The molecular formula is C19H17Cl2F4N3O2. The Hall–Kier alpha value is -1.97. The van der Waals surface area contributed by atoms with Crippen molar-refractivity contribution in [1.82, 2.24) is 15.3 Å². The second kappa shape index (κ2) is 8.64. The van der Waals surface area contributed by atoms with Crippen molar-refractivity contribution < 1.29 is 27.5 Å². The van der Waals surface area contributed by atoms with Gasteiger partial charge < -0.3 is 10.4 Å². The lowest BCUT2D eigenvalue weighted by Crippen LogP contribution is -2.49. The monoisotopic (exact) mass is 465 g/mol. The summed E-state index contributed by atoms with van der Waals surface area (Å²) >= 11 is 11.9. The van der Waals surface area contributed by atoms with Crippen LogP contribution in [0.2, 0.25) is 10.2 Å². The molecule has 1 aliphatic rings. The molecule has 2 aromatic heterocycles. The molecule has 162 valence electrons. The Bertz CT molecular complexity index is 934. The van der Waals surface area contributed by atoms with E-state index >= 15 is 0 Å². The Morgan fingerprint density at radius 2 is 1.87 bits per heavy atom. The molecule has 0 bridgehead atoms. The van der Waals surface area contributed by atoms with E-state index in [9.17, 15) is 27.5 Å². The predicted octanol–water partition coefficient (Wildman–Crippen LogP) is 4.92. The summed E-state index contributed by atoms with van der Waals surface area (Å²) in [6, 6.07) is 2.54. The molecule has 1 unspecified atom stereocenters. The van der Waals surface area contributed by atoms with Crippen molar-refractivity contribution in [2.75, 3.05) is 0 Å². The van der Waals surface area contributed by atoms with Gasteiger partial charge in [-0.05, 0) is 37.8 Å². The van der Waals surface area contributed by atoms with Gasteiger partial charge in [-0.15, -0.1) is 0 Å². The zero-order valence-electron chi connectivity index (χ0n) is 15.4. The Morgan fingerprint density at radius 3 is 2.47 bits per heavy atom. The predicted molar refractivity (Wildman–Crippen MR) is 102 cm³/mol. The van der Waals surface area contributed by atoms with Crippen LogP contribution in [0.4, 0.5) is 17.6 Å². The highest BCUT2D eigenvalue weighted by atomic mass is 35.5. The highest BCUT2D eigenvalue weighted by Gasteiger charge is 2.44. The average molecular weight is 466 g/mol. The van der Waals surface area contributed by atoms with Gasteiger partial charge in [-0.1, -0.05) is 29.3 Å². The quantitative estimate of drug-likeness (QED) is 0.496. The van der Waals surface area contributed by atoms with Crippen LogP contribution in [0.25, 0.3) is 0 Å². The molecule has 30 heavy (non-hydrogen) atoms. The molecule has 1 amide bonds. The number of amides is 1. The summed E-state index contributed by atoms with van der Waals surface area (Å²) in [5.41, 5.74) is -3.20. The Balaban J connectivity index is 1.98. The lowest BCUT2D eigenvalue weighted by atomic mass is 9.76. The number of rotatable bonds is 4. The van der Waals surface area contributed by atoms with Crippen LogP contribution in [0.3, 0.4) is 0 Å². The van der Waals surface area contributed by atoms with Gasteiger partial charge in [0.1, 0.15) is 17.0 Å². The zero-order chi connectivity index (χ0) is 22.1. The molecule has 11 heteroatoms. The van der Waals surface area contributed by atoms with E-state index in [2.05, 4.69) is 15.3 Å². The lowest BCUT2D eigenvalue weighted by molar-refractivity contribution is -0.137. The van der Waals surface area contributed by atoms with Crippen LogP contribution in [0.15, 0.2) is 30.6 Å². The first-order valence-electron chi connectivity index (χ1n) is 9.02. The van der Waals surface area contributed by atoms with Gasteiger partial charge in [-0.3, -0.25) is 4.79 Å². The molecule has 1 aliphatic carbocycles. The van der Waals surface area contributed by atoms with Gasteiger partial charge in [0.2, 0.25) is 0 Å². The van der Waals surface area contributed by atoms with Crippen molar-refractivity contribution in [3.05, 3.63) is 57.6 Å². The highest BCUT2D eigenvalue weighted by Crippen LogP contribution is 2.41. The van der Waals surface area contributed by atoms with Gasteiger partial charge in [0.15, 0.2) is 0 Å². The molecule has 2 heterocycles. The van der Waals surface area contributed by atoms with E-state index in [-0.39, 0.29) is 36.4 Å².